The van der Waals surface area contributed by atoms with Gasteiger partial charge in [0.1, 0.15) is 0 Å². The molecule has 1 aliphatic heterocycles. The van der Waals surface area contributed by atoms with Crippen LogP contribution < -0.4 is 10.6 Å². The van der Waals surface area contributed by atoms with E-state index in [9.17, 15) is 4.79 Å². The first-order valence-corrected chi connectivity index (χ1v) is 6.91. The Balaban J connectivity index is 2.18. The number of para-hydroxylation sites is 1. The summed E-state index contributed by atoms with van der Waals surface area (Å²) in [6.45, 7) is 5.20. The van der Waals surface area contributed by atoms with Crippen LogP contribution in [-0.2, 0) is 17.6 Å². The molecule has 3 heteroatoms. The van der Waals surface area contributed by atoms with Crippen molar-refractivity contribution < 1.29 is 4.79 Å². The van der Waals surface area contributed by atoms with Crippen molar-refractivity contribution in [2.24, 2.45) is 0 Å². The zero-order valence-electron chi connectivity index (χ0n) is 11.3. The molecule has 0 spiro atoms. The molecule has 0 aliphatic carbocycles. The molecule has 0 bridgehead atoms. The molecule has 1 aromatic rings. The molecule has 1 aliphatic rings. The van der Waals surface area contributed by atoms with Crippen LogP contribution in [0.25, 0.3) is 0 Å². The highest BCUT2D eigenvalue weighted by Crippen LogP contribution is 2.23. The van der Waals surface area contributed by atoms with Crippen LogP contribution in [0.3, 0.4) is 0 Å². The normalized spacial score (nSPS) is 18.9. The van der Waals surface area contributed by atoms with Crippen molar-refractivity contribution >= 4 is 11.6 Å². The molecule has 1 atom stereocenters. The van der Waals surface area contributed by atoms with Crippen molar-refractivity contribution in [2.45, 2.75) is 45.6 Å². The summed E-state index contributed by atoms with van der Waals surface area (Å²) in [5.41, 5.74) is 3.47. The number of aryl methyl sites for hydroxylation is 2. The van der Waals surface area contributed by atoms with Crippen LogP contribution in [-0.4, -0.2) is 18.5 Å². The number of rotatable bonds is 4. The minimum Gasteiger partial charge on any atom is -0.324 e. The maximum absolute atomic E-state index is 12.2. The summed E-state index contributed by atoms with van der Waals surface area (Å²) in [7, 11) is 0. The lowest BCUT2D eigenvalue weighted by Gasteiger charge is -2.17. The zero-order valence-corrected chi connectivity index (χ0v) is 11.3. The molecule has 98 valence electrons. The number of carbonyl (C=O) groups is 1. The smallest absolute Gasteiger partial charge is 0.241 e. The second-order valence-corrected chi connectivity index (χ2v) is 4.80. The predicted octanol–water partition coefficient (Wildman–Crippen LogP) is 2.50. The number of benzene rings is 1. The fraction of sp³-hybridized carbons (Fsp3) is 0.533. The van der Waals surface area contributed by atoms with Gasteiger partial charge in [0.2, 0.25) is 5.91 Å². The van der Waals surface area contributed by atoms with E-state index in [-0.39, 0.29) is 11.9 Å². The topological polar surface area (TPSA) is 41.1 Å². The van der Waals surface area contributed by atoms with Gasteiger partial charge in [0.15, 0.2) is 0 Å². The van der Waals surface area contributed by atoms with Crippen molar-refractivity contribution in [2.75, 3.05) is 11.9 Å². The molecular formula is C15H22N2O. The molecule has 1 aromatic carbocycles. The highest BCUT2D eigenvalue weighted by Gasteiger charge is 2.23. The van der Waals surface area contributed by atoms with Crippen LogP contribution in [0.1, 0.15) is 37.8 Å². The van der Waals surface area contributed by atoms with Gasteiger partial charge in [0.05, 0.1) is 6.04 Å². The van der Waals surface area contributed by atoms with Gasteiger partial charge in [0.25, 0.3) is 0 Å². The van der Waals surface area contributed by atoms with Crippen molar-refractivity contribution in [1.82, 2.24) is 5.32 Å². The maximum atomic E-state index is 12.2. The third-order valence-corrected chi connectivity index (χ3v) is 3.62. The molecule has 1 amide bonds. The van der Waals surface area contributed by atoms with Gasteiger partial charge < -0.3 is 10.6 Å². The highest BCUT2D eigenvalue weighted by atomic mass is 16.2. The van der Waals surface area contributed by atoms with Gasteiger partial charge in [-0.25, -0.2) is 0 Å². The van der Waals surface area contributed by atoms with Crippen LogP contribution >= 0.6 is 0 Å². The fourth-order valence-corrected chi connectivity index (χ4v) is 2.52. The minimum atomic E-state index is -0.0142. The molecule has 2 rings (SSSR count). The van der Waals surface area contributed by atoms with E-state index in [0.717, 1.165) is 37.9 Å². The summed E-state index contributed by atoms with van der Waals surface area (Å²) in [6.07, 6.45) is 3.93. The Bertz CT molecular complexity index is 400. The Kier molecular flexibility index (Phi) is 4.37. The van der Waals surface area contributed by atoms with Crippen LogP contribution in [0.2, 0.25) is 0 Å². The van der Waals surface area contributed by atoms with E-state index in [1.165, 1.54) is 11.1 Å². The van der Waals surface area contributed by atoms with Gasteiger partial charge in [-0.3, -0.25) is 4.79 Å². The van der Waals surface area contributed by atoms with Crippen LogP contribution in [0.15, 0.2) is 18.2 Å². The summed E-state index contributed by atoms with van der Waals surface area (Å²) >= 11 is 0. The van der Waals surface area contributed by atoms with Gasteiger partial charge in [-0.05, 0) is 43.4 Å². The molecule has 1 saturated heterocycles. The SMILES string of the molecule is CCc1cccc(CC)c1NC(=O)C1CCCN1. The second kappa shape index (κ2) is 6.01. The van der Waals surface area contributed by atoms with E-state index in [0.29, 0.717) is 0 Å². The summed E-state index contributed by atoms with van der Waals surface area (Å²) in [6, 6.07) is 6.24. The number of anilines is 1. The van der Waals surface area contributed by atoms with Gasteiger partial charge >= 0.3 is 0 Å². The van der Waals surface area contributed by atoms with Crippen molar-refractivity contribution in [3.63, 3.8) is 0 Å². The van der Waals surface area contributed by atoms with Crippen LogP contribution in [0.4, 0.5) is 5.69 Å². The monoisotopic (exact) mass is 246 g/mol. The number of hydrogen-bond donors (Lipinski definition) is 2. The Morgan fingerprint density at radius 3 is 2.50 bits per heavy atom. The standard InChI is InChI=1S/C15H22N2O/c1-3-11-7-5-8-12(4-2)14(11)17-15(18)13-9-6-10-16-13/h5,7-8,13,16H,3-4,6,9-10H2,1-2H3,(H,17,18). The summed E-state index contributed by atoms with van der Waals surface area (Å²) in [5, 5.41) is 6.36. The fourth-order valence-electron chi connectivity index (χ4n) is 2.52. The van der Waals surface area contributed by atoms with Crippen molar-refractivity contribution in [3.05, 3.63) is 29.3 Å². The van der Waals surface area contributed by atoms with E-state index in [4.69, 9.17) is 0 Å². The van der Waals surface area contributed by atoms with Gasteiger partial charge in [0, 0.05) is 5.69 Å². The first-order valence-electron chi connectivity index (χ1n) is 6.91. The molecule has 1 heterocycles. The van der Waals surface area contributed by atoms with E-state index >= 15 is 0 Å². The zero-order chi connectivity index (χ0) is 13.0. The quantitative estimate of drug-likeness (QED) is 0.857. The Hall–Kier alpha value is -1.35. The number of amides is 1. The molecule has 1 unspecified atom stereocenters. The highest BCUT2D eigenvalue weighted by molar-refractivity contribution is 5.96. The lowest BCUT2D eigenvalue weighted by Crippen LogP contribution is -2.36. The largest absolute Gasteiger partial charge is 0.324 e. The van der Waals surface area contributed by atoms with E-state index < -0.39 is 0 Å². The molecule has 3 nitrogen and oxygen atoms in total. The average Bonchev–Trinajstić information content (AvgIpc) is 2.93. The average molecular weight is 246 g/mol. The third kappa shape index (κ3) is 2.72. The molecule has 1 fully saturated rings. The number of nitrogens with one attached hydrogen (secondary N) is 2. The lowest BCUT2D eigenvalue weighted by atomic mass is 10.0. The third-order valence-electron chi connectivity index (χ3n) is 3.62. The molecule has 0 saturated carbocycles. The Morgan fingerprint density at radius 1 is 1.33 bits per heavy atom. The Morgan fingerprint density at radius 2 is 2.00 bits per heavy atom. The lowest BCUT2D eigenvalue weighted by molar-refractivity contribution is -0.117. The van der Waals surface area contributed by atoms with E-state index in [1.54, 1.807) is 0 Å². The van der Waals surface area contributed by atoms with E-state index in [1.807, 2.05) is 0 Å². The molecule has 2 N–H and O–H groups in total. The van der Waals surface area contributed by atoms with E-state index in [2.05, 4.69) is 42.7 Å². The second-order valence-electron chi connectivity index (χ2n) is 4.80. The minimum absolute atomic E-state index is 0.0142. The molecule has 18 heavy (non-hydrogen) atoms. The summed E-state index contributed by atoms with van der Waals surface area (Å²) in [4.78, 5) is 12.2. The maximum Gasteiger partial charge on any atom is 0.241 e. The van der Waals surface area contributed by atoms with Crippen molar-refractivity contribution in [3.8, 4) is 0 Å². The first kappa shape index (κ1) is 13.1. The molecule has 0 aromatic heterocycles. The predicted molar refractivity (Wildman–Crippen MR) is 74.9 cm³/mol. The molecular weight excluding hydrogens is 224 g/mol. The van der Waals surface area contributed by atoms with Crippen molar-refractivity contribution in [1.29, 1.82) is 0 Å². The van der Waals surface area contributed by atoms with Gasteiger partial charge in [-0.1, -0.05) is 32.0 Å². The Labute approximate surface area is 109 Å². The van der Waals surface area contributed by atoms with Gasteiger partial charge in [-0.15, -0.1) is 0 Å². The summed E-state index contributed by atoms with van der Waals surface area (Å²) in [5.74, 6) is 0.114. The van der Waals surface area contributed by atoms with Gasteiger partial charge in [-0.2, -0.15) is 0 Å². The number of carbonyl (C=O) groups excluding carboxylic acids is 1. The van der Waals surface area contributed by atoms with Crippen LogP contribution in [0.5, 0.6) is 0 Å². The van der Waals surface area contributed by atoms with Crippen LogP contribution in [0, 0.1) is 0 Å². The number of hydrogen-bond acceptors (Lipinski definition) is 2. The molecule has 0 radical (unpaired) electrons. The summed E-state index contributed by atoms with van der Waals surface area (Å²) < 4.78 is 0. The first-order chi connectivity index (χ1) is 8.76.